The molecule has 2 unspecified atom stereocenters. The summed E-state index contributed by atoms with van der Waals surface area (Å²) >= 11 is 0. The maximum Gasteiger partial charge on any atom is 0.254 e. The number of pyridine rings is 1. The summed E-state index contributed by atoms with van der Waals surface area (Å²) in [6, 6.07) is 4.08. The fraction of sp³-hybridized carbons (Fsp3) is 0.600. The second kappa shape index (κ2) is 5.29. The third-order valence-corrected chi connectivity index (χ3v) is 4.46. The molecule has 19 heavy (non-hydrogen) atoms. The van der Waals surface area contributed by atoms with Crippen molar-refractivity contribution in [3.05, 3.63) is 30.1 Å². The van der Waals surface area contributed by atoms with E-state index in [2.05, 4.69) is 21.8 Å². The van der Waals surface area contributed by atoms with Gasteiger partial charge in [0.05, 0.1) is 0 Å². The van der Waals surface area contributed by atoms with E-state index in [0.29, 0.717) is 12.0 Å². The van der Waals surface area contributed by atoms with Crippen LogP contribution in [0, 0.1) is 5.92 Å². The first-order valence-electron chi connectivity index (χ1n) is 7.15. The van der Waals surface area contributed by atoms with Crippen LogP contribution in [-0.4, -0.2) is 53.4 Å². The molecule has 102 valence electrons. The molecule has 2 aliphatic heterocycles. The average molecular weight is 259 g/mol. The highest BCUT2D eigenvalue weighted by Gasteiger charge is 2.37. The Kier molecular flexibility index (Phi) is 3.51. The Morgan fingerprint density at radius 1 is 1.26 bits per heavy atom. The van der Waals surface area contributed by atoms with Gasteiger partial charge in [-0.3, -0.25) is 9.78 Å². The van der Waals surface area contributed by atoms with Crippen molar-refractivity contribution in [2.45, 2.75) is 25.3 Å². The Hall–Kier alpha value is -1.42. The lowest BCUT2D eigenvalue weighted by atomic mass is 9.83. The van der Waals surface area contributed by atoms with Gasteiger partial charge in [-0.1, -0.05) is 0 Å². The Morgan fingerprint density at radius 2 is 2.05 bits per heavy atom. The monoisotopic (exact) mass is 259 g/mol. The van der Waals surface area contributed by atoms with E-state index < -0.39 is 0 Å². The molecule has 4 heteroatoms. The van der Waals surface area contributed by atoms with Gasteiger partial charge in [0.15, 0.2) is 0 Å². The number of amides is 1. The molecule has 1 aromatic heterocycles. The van der Waals surface area contributed by atoms with Crippen molar-refractivity contribution in [3.8, 4) is 0 Å². The molecule has 0 aromatic carbocycles. The number of hydrogen-bond acceptors (Lipinski definition) is 3. The zero-order chi connectivity index (χ0) is 13.2. The summed E-state index contributed by atoms with van der Waals surface area (Å²) in [5, 5.41) is 0. The lowest BCUT2D eigenvalue weighted by molar-refractivity contribution is 0.0254. The second-order valence-electron chi connectivity index (χ2n) is 5.76. The topological polar surface area (TPSA) is 36.4 Å². The van der Waals surface area contributed by atoms with Crippen molar-refractivity contribution in [2.75, 3.05) is 26.7 Å². The smallest absolute Gasteiger partial charge is 0.254 e. The maximum absolute atomic E-state index is 12.6. The molecule has 0 N–H and O–H groups in total. The molecule has 2 atom stereocenters. The number of carbonyl (C=O) groups excluding carboxylic acids is 1. The van der Waals surface area contributed by atoms with Crippen LogP contribution in [0.15, 0.2) is 24.5 Å². The minimum Gasteiger partial charge on any atom is -0.335 e. The average Bonchev–Trinajstić information content (AvgIpc) is 2.46. The molecule has 0 aliphatic carbocycles. The molecule has 1 amide bonds. The number of nitrogens with zero attached hydrogens (tertiary/aromatic N) is 3. The number of fused-ring (bicyclic) bond motifs is 1. The van der Waals surface area contributed by atoms with Crippen LogP contribution in [-0.2, 0) is 0 Å². The van der Waals surface area contributed by atoms with Crippen LogP contribution in [0.3, 0.4) is 0 Å². The standard InChI is InChI=1S/C15H21N3O/c1-17-10-6-14-13(11-17)3-2-9-18(14)15(19)12-4-7-16-8-5-12/h4-5,7-8,13-14H,2-3,6,9-11H2,1H3. The van der Waals surface area contributed by atoms with Gasteiger partial charge < -0.3 is 9.80 Å². The molecule has 2 saturated heterocycles. The highest BCUT2D eigenvalue weighted by Crippen LogP contribution is 2.30. The van der Waals surface area contributed by atoms with E-state index in [0.717, 1.165) is 38.0 Å². The Labute approximate surface area is 114 Å². The minimum atomic E-state index is 0.182. The van der Waals surface area contributed by atoms with Crippen molar-refractivity contribution < 1.29 is 4.79 Å². The summed E-state index contributed by atoms with van der Waals surface area (Å²) in [5.74, 6) is 0.833. The molecular weight excluding hydrogens is 238 g/mol. The summed E-state index contributed by atoms with van der Waals surface area (Å²) < 4.78 is 0. The molecule has 4 nitrogen and oxygen atoms in total. The summed E-state index contributed by atoms with van der Waals surface area (Å²) in [6.45, 7) is 3.14. The number of carbonyl (C=O) groups is 1. The summed E-state index contributed by atoms with van der Waals surface area (Å²) in [6.07, 6.45) is 6.89. The van der Waals surface area contributed by atoms with Gasteiger partial charge in [-0.05, 0) is 50.9 Å². The highest BCUT2D eigenvalue weighted by atomic mass is 16.2. The highest BCUT2D eigenvalue weighted by molar-refractivity contribution is 5.94. The fourth-order valence-electron chi connectivity index (χ4n) is 3.50. The molecule has 2 aliphatic rings. The first kappa shape index (κ1) is 12.6. The lowest BCUT2D eigenvalue weighted by Crippen LogP contribution is -2.55. The van der Waals surface area contributed by atoms with E-state index in [1.165, 1.54) is 6.42 Å². The molecule has 1 aromatic rings. The first-order valence-corrected chi connectivity index (χ1v) is 7.15. The minimum absolute atomic E-state index is 0.182. The zero-order valence-corrected chi connectivity index (χ0v) is 11.5. The van der Waals surface area contributed by atoms with Gasteiger partial charge in [-0.15, -0.1) is 0 Å². The van der Waals surface area contributed by atoms with Crippen LogP contribution >= 0.6 is 0 Å². The number of piperidine rings is 2. The van der Waals surface area contributed by atoms with E-state index in [1.54, 1.807) is 12.4 Å². The summed E-state index contributed by atoms with van der Waals surface area (Å²) in [5.41, 5.74) is 0.773. The maximum atomic E-state index is 12.6. The largest absolute Gasteiger partial charge is 0.335 e. The van der Waals surface area contributed by atoms with Crippen LogP contribution < -0.4 is 0 Å². The number of hydrogen-bond donors (Lipinski definition) is 0. The van der Waals surface area contributed by atoms with Crippen LogP contribution in [0.4, 0.5) is 0 Å². The SMILES string of the molecule is CN1CCC2C(CCCN2C(=O)c2ccncc2)C1. The third-order valence-electron chi connectivity index (χ3n) is 4.46. The van der Waals surface area contributed by atoms with Crippen molar-refractivity contribution in [1.82, 2.24) is 14.8 Å². The van der Waals surface area contributed by atoms with E-state index >= 15 is 0 Å². The molecule has 0 radical (unpaired) electrons. The van der Waals surface area contributed by atoms with Crippen molar-refractivity contribution in [2.24, 2.45) is 5.92 Å². The predicted octanol–water partition coefficient (Wildman–Crippen LogP) is 1.64. The van der Waals surface area contributed by atoms with Gasteiger partial charge >= 0.3 is 0 Å². The van der Waals surface area contributed by atoms with Gasteiger partial charge in [0, 0.05) is 37.1 Å². The number of likely N-dealkylation sites (tertiary alicyclic amines) is 2. The Bertz CT molecular complexity index is 448. The van der Waals surface area contributed by atoms with Crippen LogP contribution in [0.25, 0.3) is 0 Å². The molecule has 0 bridgehead atoms. The molecule has 2 fully saturated rings. The van der Waals surface area contributed by atoms with E-state index in [-0.39, 0.29) is 5.91 Å². The first-order chi connectivity index (χ1) is 9.25. The predicted molar refractivity (Wildman–Crippen MR) is 73.9 cm³/mol. The van der Waals surface area contributed by atoms with Crippen LogP contribution in [0.1, 0.15) is 29.6 Å². The molecule has 0 spiro atoms. The molecule has 3 heterocycles. The third kappa shape index (κ3) is 2.50. The summed E-state index contributed by atoms with van der Waals surface area (Å²) in [7, 11) is 2.18. The molecular formula is C15H21N3O. The fourth-order valence-corrected chi connectivity index (χ4v) is 3.50. The normalized spacial score (nSPS) is 27.9. The van der Waals surface area contributed by atoms with Crippen molar-refractivity contribution >= 4 is 5.91 Å². The van der Waals surface area contributed by atoms with Gasteiger partial charge in [0.1, 0.15) is 0 Å². The Morgan fingerprint density at radius 3 is 2.84 bits per heavy atom. The quantitative estimate of drug-likeness (QED) is 0.769. The van der Waals surface area contributed by atoms with Gasteiger partial charge in [-0.25, -0.2) is 0 Å². The van der Waals surface area contributed by atoms with Crippen LogP contribution in [0.5, 0.6) is 0 Å². The van der Waals surface area contributed by atoms with Crippen molar-refractivity contribution in [1.29, 1.82) is 0 Å². The van der Waals surface area contributed by atoms with Gasteiger partial charge in [0.25, 0.3) is 5.91 Å². The van der Waals surface area contributed by atoms with Crippen LogP contribution in [0.2, 0.25) is 0 Å². The number of aromatic nitrogens is 1. The van der Waals surface area contributed by atoms with Gasteiger partial charge in [-0.2, -0.15) is 0 Å². The van der Waals surface area contributed by atoms with Gasteiger partial charge in [0.2, 0.25) is 0 Å². The lowest BCUT2D eigenvalue weighted by Gasteiger charge is -2.46. The molecule has 3 rings (SSSR count). The van der Waals surface area contributed by atoms with E-state index in [4.69, 9.17) is 0 Å². The zero-order valence-electron chi connectivity index (χ0n) is 11.5. The van der Waals surface area contributed by atoms with Crippen molar-refractivity contribution in [3.63, 3.8) is 0 Å². The van der Waals surface area contributed by atoms with E-state index in [1.807, 2.05) is 12.1 Å². The number of rotatable bonds is 1. The van der Waals surface area contributed by atoms with E-state index in [9.17, 15) is 4.79 Å². The summed E-state index contributed by atoms with van der Waals surface area (Å²) in [4.78, 5) is 21.1. The Balaban J connectivity index is 1.78. The molecule has 0 saturated carbocycles. The second-order valence-corrected chi connectivity index (χ2v) is 5.76.